The second-order valence-electron chi connectivity index (χ2n) is 7.53. The molecule has 2 unspecified atom stereocenters. The lowest BCUT2D eigenvalue weighted by molar-refractivity contribution is -0.239. The molecule has 0 heterocycles. The van der Waals surface area contributed by atoms with E-state index in [4.69, 9.17) is 4.74 Å². The van der Waals surface area contributed by atoms with Crippen molar-refractivity contribution in [2.45, 2.75) is 56.8 Å². The van der Waals surface area contributed by atoms with Gasteiger partial charge in [0.15, 0.2) is 0 Å². The maximum Gasteiger partial charge on any atom is 0.0724 e. The van der Waals surface area contributed by atoms with E-state index >= 15 is 0 Å². The molecule has 108 valence electrons. The third kappa shape index (κ3) is 1.93. The summed E-state index contributed by atoms with van der Waals surface area (Å²) in [5.41, 5.74) is 0.862. The van der Waals surface area contributed by atoms with E-state index in [9.17, 15) is 5.11 Å². The van der Waals surface area contributed by atoms with E-state index in [0.717, 1.165) is 25.4 Å². The average molecular weight is 272 g/mol. The number of hydrogen-bond donors (Lipinski definition) is 1. The third-order valence-electron chi connectivity index (χ3n) is 6.17. The van der Waals surface area contributed by atoms with Gasteiger partial charge in [-0.05, 0) is 62.3 Å². The van der Waals surface area contributed by atoms with E-state index in [1.54, 1.807) is 0 Å². The molecule has 20 heavy (non-hydrogen) atoms. The van der Waals surface area contributed by atoms with E-state index in [-0.39, 0.29) is 5.60 Å². The summed E-state index contributed by atoms with van der Waals surface area (Å²) in [6, 6.07) is 10.5. The van der Waals surface area contributed by atoms with Crippen molar-refractivity contribution >= 4 is 0 Å². The van der Waals surface area contributed by atoms with Crippen LogP contribution in [0.4, 0.5) is 0 Å². The second kappa shape index (κ2) is 4.32. The first-order valence-electron chi connectivity index (χ1n) is 7.98. The molecular weight excluding hydrogens is 248 g/mol. The Labute approximate surface area is 121 Å². The molecule has 4 saturated carbocycles. The molecule has 1 aromatic rings. The van der Waals surface area contributed by atoms with E-state index < -0.39 is 5.60 Å². The summed E-state index contributed by atoms with van der Waals surface area (Å²) in [5, 5.41) is 10.7. The van der Waals surface area contributed by atoms with E-state index in [1.165, 1.54) is 24.8 Å². The zero-order chi connectivity index (χ0) is 13.8. The van der Waals surface area contributed by atoms with Gasteiger partial charge in [0.2, 0.25) is 0 Å². The molecule has 0 saturated heterocycles. The summed E-state index contributed by atoms with van der Waals surface area (Å²) in [4.78, 5) is 0. The lowest BCUT2D eigenvalue weighted by Crippen LogP contribution is -2.63. The molecule has 5 rings (SSSR count). The summed E-state index contributed by atoms with van der Waals surface area (Å²) >= 11 is 0. The van der Waals surface area contributed by atoms with Crippen LogP contribution in [0.1, 0.15) is 44.6 Å². The Bertz CT molecular complexity index is 475. The van der Waals surface area contributed by atoms with E-state index in [1.807, 2.05) is 6.07 Å². The van der Waals surface area contributed by atoms with Gasteiger partial charge in [-0.2, -0.15) is 0 Å². The molecule has 2 heteroatoms. The summed E-state index contributed by atoms with van der Waals surface area (Å²) in [5.74, 6) is 1.68. The van der Waals surface area contributed by atoms with Crippen LogP contribution in [-0.4, -0.2) is 16.3 Å². The normalized spacial score (nSPS) is 45.8. The fourth-order valence-corrected chi connectivity index (χ4v) is 5.12. The number of benzene rings is 1. The summed E-state index contributed by atoms with van der Waals surface area (Å²) in [6.45, 7) is 2.78. The number of ether oxygens (including phenoxy) is 1. The highest BCUT2D eigenvalue weighted by Gasteiger charge is 2.60. The van der Waals surface area contributed by atoms with Crippen LogP contribution in [0.15, 0.2) is 30.3 Å². The predicted octanol–water partition coefficient (Wildman–Crippen LogP) is 3.53. The molecule has 4 bridgehead atoms. The van der Waals surface area contributed by atoms with Crippen LogP contribution < -0.4 is 0 Å². The van der Waals surface area contributed by atoms with Gasteiger partial charge >= 0.3 is 0 Å². The smallest absolute Gasteiger partial charge is 0.0724 e. The number of aliphatic hydroxyl groups is 1. The quantitative estimate of drug-likeness (QED) is 0.912. The lowest BCUT2D eigenvalue weighted by atomic mass is 9.48. The number of hydrogen-bond acceptors (Lipinski definition) is 2. The van der Waals surface area contributed by atoms with Crippen LogP contribution in [0.2, 0.25) is 0 Å². The predicted molar refractivity (Wildman–Crippen MR) is 78.1 cm³/mol. The van der Waals surface area contributed by atoms with Gasteiger partial charge in [0, 0.05) is 0 Å². The average Bonchev–Trinajstić information content (AvgIpc) is 2.44. The Morgan fingerprint density at radius 3 is 2.40 bits per heavy atom. The van der Waals surface area contributed by atoms with Gasteiger partial charge in [0.25, 0.3) is 0 Å². The first-order chi connectivity index (χ1) is 9.57. The molecule has 4 aliphatic carbocycles. The van der Waals surface area contributed by atoms with Crippen molar-refractivity contribution in [3.8, 4) is 0 Å². The number of rotatable bonds is 3. The van der Waals surface area contributed by atoms with Gasteiger partial charge in [-0.1, -0.05) is 30.3 Å². The molecule has 1 N–H and O–H groups in total. The van der Waals surface area contributed by atoms with Crippen LogP contribution in [0, 0.1) is 17.8 Å². The summed E-state index contributed by atoms with van der Waals surface area (Å²) in [6.07, 6.45) is 5.74. The first-order valence-corrected chi connectivity index (χ1v) is 7.98. The van der Waals surface area contributed by atoms with Gasteiger partial charge in [0.05, 0.1) is 17.8 Å². The topological polar surface area (TPSA) is 29.5 Å². The van der Waals surface area contributed by atoms with Crippen LogP contribution in [0.5, 0.6) is 0 Å². The summed E-state index contributed by atoms with van der Waals surface area (Å²) < 4.78 is 6.41. The maximum atomic E-state index is 10.7. The SMILES string of the molecule is CC1(O)C2CC3CC1CC(OCc1ccccc1)(C3)C2. The Kier molecular flexibility index (Phi) is 2.77. The summed E-state index contributed by atoms with van der Waals surface area (Å²) in [7, 11) is 0. The van der Waals surface area contributed by atoms with Gasteiger partial charge in [-0.25, -0.2) is 0 Å². The van der Waals surface area contributed by atoms with Crippen molar-refractivity contribution in [2.24, 2.45) is 17.8 Å². The molecule has 0 amide bonds. The van der Waals surface area contributed by atoms with Gasteiger partial charge in [-0.15, -0.1) is 0 Å². The fraction of sp³-hybridized carbons (Fsp3) is 0.667. The van der Waals surface area contributed by atoms with E-state index in [2.05, 4.69) is 31.2 Å². The molecule has 0 radical (unpaired) electrons. The minimum absolute atomic E-state index is 0.0502. The van der Waals surface area contributed by atoms with Gasteiger partial charge < -0.3 is 9.84 Å². The highest BCUT2D eigenvalue weighted by molar-refractivity contribution is 5.15. The standard InChI is InChI=1S/C18H24O2/c1-17(19)15-7-14-8-16(17)11-18(9-14,10-15)20-12-13-5-3-2-4-6-13/h2-6,14-16,19H,7-12H2,1H3. The van der Waals surface area contributed by atoms with Gasteiger partial charge in [-0.3, -0.25) is 0 Å². The van der Waals surface area contributed by atoms with Crippen LogP contribution in [-0.2, 0) is 11.3 Å². The molecule has 0 aromatic heterocycles. The molecule has 4 aliphatic rings. The Hall–Kier alpha value is -0.860. The minimum atomic E-state index is -0.448. The zero-order valence-corrected chi connectivity index (χ0v) is 12.2. The first kappa shape index (κ1) is 12.8. The highest BCUT2D eigenvalue weighted by atomic mass is 16.5. The van der Waals surface area contributed by atoms with Gasteiger partial charge in [0.1, 0.15) is 0 Å². The molecule has 0 spiro atoms. The Morgan fingerprint density at radius 2 is 1.75 bits per heavy atom. The van der Waals surface area contributed by atoms with Crippen molar-refractivity contribution in [3.63, 3.8) is 0 Å². The molecule has 1 aromatic carbocycles. The molecular formula is C18H24O2. The highest BCUT2D eigenvalue weighted by Crippen LogP contribution is 2.61. The molecule has 4 fully saturated rings. The maximum absolute atomic E-state index is 10.7. The van der Waals surface area contributed by atoms with Crippen molar-refractivity contribution in [1.82, 2.24) is 0 Å². The Balaban J connectivity index is 1.51. The van der Waals surface area contributed by atoms with Crippen molar-refractivity contribution in [3.05, 3.63) is 35.9 Å². The van der Waals surface area contributed by atoms with Crippen molar-refractivity contribution in [2.75, 3.05) is 0 Å². The molecule has 2 nitrogen and oxygen atoms in total. The second-order valence-corrected chi connectivity index (χ2v) is 7.53. The molecule has 2 atom stereocenters. The van der Waals surface area contributed by atoms with Crippen molar-refractivity contribution < 1.29 is 9.84 Å². The fourth-order valence-electron chi connectivity index (χ4n) is 5.12. The largest absolute Gasteiger partial charge is 0.390 e. The lowest BCUT2D eigenvalue weighted by Gasteiger charge is -2.62. The van der Waals surface area contributed by atoms with Crippen molar-refractivity contribution in [1.29, 1.82) is 0 Å². The van der Waals surface area contributed by atoms with Crippen LogP contribution in [0.25, 0.3) is 0 Å². The zero-order valence-electron chi connectivity index (χ0n) is 12.2. The Morgan fingerprint density at radius 1 is 1.10 bits per heavy atom. The third-order valence-corrected chi connectivity index (χ3v) is 6.17. The van der Waals surface area contributed by atoms with E-state index in [0.29, 0.717) is 11.8 Å². The minimum Gasteiger partial charge on any atom is -0.390 e. The van der Waals surface area contributed by atoms with Crippen LogP contribution >= 0.6 is 0 Å². The molecule has 0 aliphatic heterocycles. The van der Waals surface area contributed by atoms with Crippen LogP contribution in [0.3, 0.4) is 0 Å². The monoisotopic (exact) mass is 272 g/mol.